The van der Waals surface area contributed by atoms with Crippen LogP contribution in [0.25, 0.3) is 0 Å². The van der Waals surface area contributed by atoms with E-state index in [9.17, 15) is 9.59 Å². The third-order valence-electron chi connectivity index (χ3n) is 3.96. The fraction of sp³-hybridized carbons (Fsp3) is 0.250. The lowest BCUT2D eigenvalue weighted by atomic mass is 10.1. The van der Waals surface area contributed by atoms with Gasteiger partial charge in [0.2, 0.25) is 13.4 Å². The summed E-state index contributed by atoms with van der Waals surface area (Å²) >= 11 is 5.80. The summed E-state index contributed by atoms with van der Waals surface area (Å²) in [6.07, 6.45) is -0.999. The highest BCUT2D eigenvalue weighted by Crippen LogP contribution is 2.32. The van der Waals surface area contributed by atoms with Crippen molar-refractivity contribution >= 4 is 34.9 Å². The Hall–Kier alpha value is -3.26. The first-order valence-corrected chi connectivity index (χ1v) is 9.12. The standard InChI is InChI=1S/C20H19ClN2O6/c1-12(14-3-8-17-18(9-14)27-11-26-17)23-28-10-19(24)29-13(2)20(25)22-16-6-4-15(21)5-7-16/h3-9,13H,10-11H2,1-2H3,(H,22,25)/b23-12-/t13-/m1/s1. The molecule has 0 fully saturated rings. The number of benzene rings is 2. The minimum Gasteiger partial charge on any atom is -0.454 e. The van der Waals surface area contributed by atoms with Crippen molar-refractivity contribution in [2.45, 2.75) is 20.0 Å². The highest BCUT2D eigenvalue weighted by molar-refractivity contribution is 6.30. The Morgan fingerprint density at radius 1 is 1.17 bits per heavy atom. The van der Waals surface area contributed by atoms with Crippen LogP contribution in [0.2, 0.25) is 5.02 Å². The summed E-state index contributed by atoms with van der Waals surface area (Å²) < 4.78 is 15.6. The lowest BCUT2D eigenvalue weighted by Crippen LogP contribution is -2.31. The van der Waals surface area contributed by atoms with E-state index in [1.165, 1.54) is 6.92 Å². The summed E-state index contributed by atoms with van der Waals surface area (Å²) in [7, 11) is 0. The van der Waals surface area contributed by atoms with Crippen LogP contribution >= 0.6 is 11.6 Å². The van der Waals surface area contributed by atoms with Crippen LogP contribution in [-0.4, -0.2) is 37.1 Å². The molecule has 0 radical (unpaired) electrons. The first kappa shape index (κ1) is 20.5. The van der Waals surface area contributed by atoms with Gasteiger partial charge < -0.3 is 24.4 Å². The van der Waals surface area contributed by atoms with Crippen molar-refractivity contribution in [2.24, 2.45) is 5.16 Å². The van der Waals surface area contributed by atoms with Gasteiger partial charge in [-0.1, -0.05) is 16.8 Å². The van der Waals surface area contributed by atoms with E-state index in [1.807, 2.05) is 0 Å². The molecule has 1 N–H and O–H groups in total. The number of halogens is 1. The number of carbonyl (C=O) groups excluding carboxylic acids is 2. The molecule has 0 saturated carbocycles. The van der Waals surface area contributed by atoms with Gasteiger partial charge in [0.1, 0.15) is 0 Å². The second-order valence-corrected chi connectivity index (χ2v) is 6.58. The van der Waals surface area contributed by atoms with E-state index in [1.54, 1.807) is 49.4 Å². The molecule has 2 aromatic rings. The number of ether oxygens (including phenoxy) is 3. The zero-order chi connectivity index (χ0) is 20.8. The fourth-order valence-corrected chi connectivity index (χ4v) is 2.54. The number of nitrogens with zero attached hydrogens (tertiary/aromatic N) is 1. The number of oxime groups is 1. The van der Waals surface area contributed by atoms with E-state index in [-0.39, 0.29) is 6.79 Å². The molecule has 0 spiro atoms. The van der Waals surface area contributed by atoms with Crippen LogP contribution in [0.5, 0.6) is 11.5 Å². The summed E-state index contributed by atoms with van der Waals surface area (Å²) in [5.41, 5.74) is 1.85. The van der Waals surface area contributed by atoms with Crippen LogP contribution in [0.4, 0.5) is 5.69 Å². The molecular formula is C20H19ClN2O6. The maximum atomic E-state index is 12.1. The van der Waals surface area contributed by atoms with Gasteiger partial charge in [-0.05, 0) is 56.3 Å². The normalized spacial score (nSPS) is 13.6. The molecule has 1 aliphatic rings. The molecule has 3 rings (SSSR count). The van der Waals surface area contributed by atoms with Crippen LogP contribution < -0.4 is 14.8 Å². The SMILES string of the molecule is C/C(=N/OCC(=O)O[C@H](C)C(=O)Nc1ccc(Cl)cc1)c1ccc2c(c1)OCO2. The number of hydrogen-bond donors (Lipinski definition) is 1. The monoisotopic (exact) mass is 418 g/mol. The largest absolute Gasteiger partial charge is 0.454 e. The smallest absolute Gasteiger partial charge is 0.347 e. The Labute approximate surface area is 172 Å². The minimum absolute atomic E-state index is 0.182. The summed E-state index contributed by atoms with van der Waals surface area (Å²) in [5.74, 6) is 0.0978. The van der Waals surface area contributed by atoms with E-state index >= 15 is 0 Å². The number of rotatable bonds is 7. The van der Waals surface area contributed by atoms with E-state index in [2.05, 4.69) is 10.5 Å². The van der Waals surface area contributed by atoms with Crippen molar-refractivity contribution in [2.75, 3.05) is 18.7 Å². The van der Waals surface area contributed by atoms with Crippen molar-refractivity contribution in [1.82, 2.24) is 0 Å². The number of carbonyl (C=O) groups is 2. The average molecular weight is 419 g/mol. The molecule has 1 amide bonds. The number of fused-ring (bicyclic) bond motifs is 1. The molecule has 29 heavy (non-hydrogen) atoms. The van der Waals surface area contributed by atoms with Crippen LogP contribution in [0.15, 0.2) is 47.6 Å². The van der Waals surface area contributed by atoms with Crippen molar-refractivity contribution < 1.29 is 28.6 Å². The molecule has 9 heteroatoms. The van der Waals surface area contributed by atoms with Gasteiger partial charge in [-0.2, -0.15) is 0 Å². The predicted molar refractivity (Wildman–Crippen MR) is 106 cm³/mol. The average Bonchev–Trinajstić information content (AvgIpc) is 3.17. The zero-order valence-corrected chi connectivity index (χ0v) is 16.6. The van der Waals surface area contributed by atoms with Gasteiger partial charge in [0.15, 0.2) is 17.6 Å². The fourth-order valence-electron chi connectivity index (χ4n) is 2.42. The molecule has 152 valence electrons. The maximum absolute atomic E-state index is 12.1. The summed E-state index contributed by atoms with van der Waals surface area (Å²) in [5, 5.41) is 7.07. The van der Waals surface area contributed by atoms with Gasteiger partial charge in [0, 0.05) is 16.3 Å². The number of amides is 1. The molecule has 0 aromatic heterocycles. The van der Waals surface area contributed by atoms with Crippen molar-refractivity contribution in [3.05, 3.63) is 53.1 Å². The van der Waals surface area contributed by atoms with Crippen LogP contribution in [0, 0.1) is 0 Å². The highest BCUT2D eigenvalue weighted by Gasteiger charge is 2.18. The highest BCUT2D eigenvalue weighted by atomic mass is 35.5. The van der Waals surface area contributed by atoms with Crippen LogP contribution in [-0.2, 0) is 19.2 Å². The lowest BCUT2D eigenvalue weighted by molar-refractivity contribution is -0.157. The summed E-state index contributed by atoms with van der Waals surface area (Å²) in [4.78, 5) is 29.0. The molecule has 1 heterocycles. The van der Waals surface area contributed by atoms with Crippen molar-refractivity contribution in [3.63, 3.8) is 0 Å². The Morgan fingerprint density at radius 2 is 1.90 bits per heavy atom. The molecule has 0 bridgehead atoms. The molecule has 1 aliphatic heterocycles. The minimum atomic E-state index is -0.999. The van der Waals surface area contributed by atoms with Crippen LogP contribution in [0.1, 0.15) is 19.4 Å². The molecule has 1 atom stereocenters. The number of hydrogen-bond acceptors (Lipinski definition) is 7. The molecular weight excluding hydrogens is 400 g/mol. The van der Waals surface area contributed by atoms with Crippen molar-refractivity contribution in [1.29, 1.82) is 0 Å². The van der Waals surface area contributed by atoms with Gasteiger partial charge in [-0.3, -0.25) is 4.79 Å². The molecule has 2 aromatic carbocycles. The van der Waals surface area contributed by atoms with E-state index in [0.29, 0.717) is 27.9 Å². The van der Waals surface area contributed by atoms with Gasteiger partial charge in [0.05, 0.1) is 5.71 Å². The van der Waals surface area contributed by atoms with Crippen LogP contribution in [0.3, 0.4) is 0 Å². The van der Waals surface area contributed by atoms with Gasteiger partial charge in [0.25, 0.3) is 5.91 Å². The van der Waals surface area contributed by atoms with E-state index in [0.717, 1.165) is 5.56 Å². The topological polar surface area (TPSA) is 95.5 Å². The third-order valence-corrected chi connectivity index (χ3v) is 4.22. The Bertz CT molecular complexity index is 929. The molecule has 0 unspecified atom stereocenters. The Morgan fingerprint density at radius 3 is 2.66 bits per heavy atom. The second kappa shape index (κ2) is 9.29. The first-order chi connectivity index (χ1) is 13.9. The molecule has 0 saturated heterocycles. The predicted octanol–water partition coefficient (Wildman–Crippen LogP) is 3.38. The van der Waals surface area contributed by atoms with E-state index in [4.69, 9.17) is 30.6 Å². The molecule has 8 nitrogen and oxygen atoms in total. The third kappa shape index (κ3) is 5.61. The Balaban J connectivity index is 1.45. The lowest BCUT2D eigenvalue weighted by Gasteiger charge is -2.13. The number of anilines is 1. The van der Waals surface area contributed by atoms with Gasteiger partial charge in [-0.25, -0.2) is 4.79 Å². The quantitative estimate of drug-likeness (QED) is 0.420. The van der Waals surface area contributed by atoms with Gasteiger partial charge >= 0.3 is 5.97 Å². The summed E-state index contributed by atoms with van der Waals surface area (Å²) in [6, 6.07) is 11.9. The Kier molecular flexibility index (Phi) is 6.56. The van der Waals surface area contributed by atoms with E-state index < -0.39 is 24.6 Å². The van der Waals surface area contributed by atoms with Crippen molar-refractivity contribution in [3.8, 4) is 11.5 Å². The first-order valence-electron chi connectivity index (χ1n) is 8.75. The number of esters is 1. The van der Waals surface area contributed by atoms with Gasteiger partial charge in [-0.15, -0.1) is 0 Å². The zero-order valence-electron chi connectivity index (χ0n) is 15.8. The maximum Gasteiger partial charge on any atom is 0.347 e. The second-order valence-electron chi connectivity index (χ2n) is 6.15. The molecule has 0 aliphatic carbocycles. The number of nitrogens with one attached hydrogen (secondary N) is 1. The summed E-state index contributed by atoms with van der Waals surface area (Å²) in [6.45, 7) is 2.94.